The Balaban J connectivity index is 2.22. The lowest BCUT2D eigenvalue weighted by Crippen LogP contribution is -1.99. The van der Waals surface area contributed by atoms with Gasteiger partial charge in [-0.05, 0) is 38.0 Å². The Bertz CT molecular complexity index is 534. The third kappa shape index (κ3) is 2.85. The number of aryl methyl sites for hydroxylation is 1. The molecular weight excluding hydrogens is 248 g/mol. The Hall–Kier alpha value is -1.48. The maximum Gasteiger partial charge on any atom is 0.165 e. The average Bonchev–Trinajstić information content (AvgIpc) is 2.81. The van der Waals surface area contributed by atoms with Crippen LogP contribution in [-0.4, -0.2) is 9.78 Å². The van der Waals surface area contributed by atoms with Gasteiger partial charge in [-0.15, -0.1) is 11.6 Å². The molecule has 0 spiro atoms. The molecule has 1 aromatic heterocycles. The van der Waals surface area contributed by atoms with Crippen LogP contribution in [0.2, 0.25) is 0 Å². The molecule has 2 aromatic rings. The van der Waals surface area contributed by atoms with E-state index in [0.29, 0.717) is 11.9 Å². The molecule has 4 heteroatoms. The molecule has 0 radical (unpaired) electrons. The van der Waals surface area contributed by atoms with Gasteiger partial charge in [0.1, 0.15) is 5.75 Å². The van der Waals surface area contributed by atoms with Gasteiger partial charge in [0.15, 0.2) is 5.75 Å². The summed E-state index contributed by atoms with van der Waals surface area (Å²) in [5, 5.41) is 4.25. The number of benzene rings is 1. The number of rotatable bonds is 4. The van der Waals surface area contributed by atoms with Crippen LogP contribution in [-0.2, 0) is 5.88 Å². The Kier molecular flexibility index (Phi) is 3.92. The number of nitrogens with zero attached hydrogens (tertiary/aromatic N) is 2. The van der Waals surface area contributed by atoms with Gasteiger partial charge >= 0.3 is 0 Å². The highest BCUT2D eigenvalue weighted by Gasteiger charge is 2.06. The number of hydrogen-bond donors (Lipinski definition) is 0. The summed E-state index contributed by atoms with van der Waals surface area (Å²) in [5.41, 5.74) is 2.13. The Morgan fingerprint density at radius 1 is 1.39 bits per heavy atom. The van der Waals surface area contributed by atoms with Crippen molar-refractivity contribution in [2.45, 2.75) is 32.7 Å². The van der Waals surface area contributed by atoms with E-state index in [-0.39, 0.29) is 0 Å². The van der Waals surface area contributed by atoms with Gasteiger partial charge in [-0.2, -0.15) is 5.10 Å². The first kappa shape index (κ1) is 13.0. The first-order chi connectivity index (χ1) is 8.60. The smallest absolute Gasteiger partial charge is 0.165 e. The molecule has 2 rings (SSSR count). The maximum absolute atomic E-state index is 5.84. The topological polar surface area (TPSA) is 27.1 Å². The second-order valence-electron chi connectivity index (χ2n) is 4.59. The maximum atomic E-state index is 5.84. The molecule has 0 aliphatic carbocycles. The van der Waals surface area contributed by atoms with E-state index in [9.17, 15) is 0 Å². The summed E-state index contributed by atoms with van der Waals surface area (Å²) in [5.74, 6) is 2.07. The average molecular weight is 265 g/mol. The Morgan fingerprint density at radius 3 is 2.78 bits per heavy atom. The van der Waals surface area contributed by atoms with Gasteiger partial charge in [0.25, 0.3) is 0 Å². The molecule has 0 saturated heterocycles. The molecule has 0 atom stereocenters. The van der Waals surface area contributed by atoms with E-state index in [0.717, 1.165) is 22.6 Å². The second kappa shape index (κ2) is 5.44. The predicted molar refractivity (Wildman–Crippen MR) is 73.4 cm³/mol. The second-order valence-corrected chi connectivity index (χ2v) is 4.85. The number of halogens is 1. The first-order valence-electron chi connectivity index (χ1n) is 5.97. The number of hydrogen-bond acceptors (Lipinski definition) is 2. The predicted octanol–water partition coefficient (Wildman–Crippen LogP) is 4.30. The molecule has 18 heavy (non-hydrogen) atoms. The molecule has 0 aliphatic rings. The fourth-order valence-electron chi connectivity index (χ4n) is 1.62. The van der Waals surface area contributed by atoms with Crippen LogP contribution in [0.1, 0.15) is 31.0 Å². The molecule has 0 saturated carbocycles. The highest BCUT2D eigenvalue weighted by Crippen LogP contribution is 2.26. The largest absolute Gasteiger partial charge is 0.454 e. The first-order valence-corrected chi connectivity index (χ1v) is 6.51. The van der Waals surface area contributed by atoms with Gasteiger partial charge < -0.3 is 4.74 Å². The van der Waals surface area contributed by atoms with Crippen LogP contribution < -0.4 is 4.74 Å². The van der Waals surface area contributed by atoms with E-state index >= 15 is 0 Å². The Morgan fingerprint density at radius 2 is 2.17 bits per heavy atom. The molecule has 1 aromatic carbocycles. The van der Waals surface area contributed by atoms with E-state index in [1.807, 2.05) is 36.0 Å². The summed E-state index contributed by atoms with van der Waals surface area (Å²) < 4.78 is 7.71. The van der Waals surface area contributed by atoms with Crippen molar-refractivity contribution in [3.8, 4) is 11.5 Å². The lowest BCUT2D eigenvalue weighted by Gasteiger charge is -2.08. The summed E-state index contributed by atoms with van der Waals surface area (Å²) in [6.45, 7) is 6.17. The summed E-state index contributed by atoms with van der Waals surface area (Å²) in [4.78, 5) is 0. The molecule has 0 amide bonds. The van der Waals surface area contributed by atoms with Gasteiger partial charge in [-0.3, -0.25) is 4.68 Å². The van der Waals surface area contributed by atoms with Crippen LogP contribution in [0.3, 0.4) is 0 Å². The molecule has 0 N–H and O–H groups in total. The standard InChI is InChI=1S/C14H17ClN2O/c1-10(2)17-9-13(8-16-17)18-14-6-12(7-15)5-4-11(14)3/h4-6,8-10H,7H2,1-3H3. The molecule has 0 unspecified atom stereocenters. The third-order valence-corrected chi connectivity index (χ3v) is 3.05. The minimum Gasteiger partial charge on any atom is -0.454 e. The monoisotopic (exact) mass is 264 g/mol. The molecular formula is C14H17ClN2O. The van der Waals surface area contributed by atoms with Crippen LogP contribution in [0.25, 0.3) is 0 Å². The SMILES string of the molecule is Cc1ccc(CCl)cc1Oc1cnn(C(C)C)c1. The summed E-state index contributed by atoms with van der Waals surface area (Å²) in [7, 11) is 0. The third-order valence-electron chi connectivity index (χ3n) is 2.74. The van der Waals surface area contributed by atoms with E-state index in [1.165, 1.54) is 0 Å². The zero-order chi connectivity index (χ0) is 13.1. The summed E-state index contributed by atoms with van der Waals surface area (Å²) in [6, 6.07) is 6.32. The lowest BCUT2D eigenvalue weighted by atomic mass is 10.1. The van der Waals surface area contributed by atoms with E-state index in [4.69, 9.17) is 16.3 Å². The fourth-order valence-corrected chi connectivity index (χ4v) is 1.79. The van der Waals surface area contributed by atoms with Crippen LogP contribution in [0.15, 0.2) is 30.6 Å². The van der Waals surface area contributed by atoms with Crippen molar-refractivity contribution in [3.05, 3.63) is 41.7 Å². The number of ether oxygens (including phenoxy) is 1. The zero-order valence-electron chi connectivity index (χ0n) is 10.9. The zero-order valence-corrected chi connectivity index (χ0v) is 11.6. The molecule has 0 fully saturated rings. The van der Waals surface area contributed by atoms with Crippen LogP contribution in [0, 0.1) is 6.92 Å². The molecule has 96 valence electrons. The van der Waals surface area contributed by atoms with Crippen molar-refractivity contribution in [3.63, 3.8) is 0 Å². The van der Waals surface area contributed by atoms with Crippen LogP contribution in [0.4, 0.5) is 0 Å². The molecule has 0 aliphatic heterocycles. The van der Waals surface area contributed by atoms with Crippen LogP contribution in [0.5, 0.6) is 11.5 Å². The van der Waals surface area contributed by atoms with E-state index < -0.39 is 0 Å². The minimum atomic E-state index is 0.331. The molecule has 3 nitrogen and oxygen atoms in total. The van der Waals surface area contributed by atoms with Gasteiger partial charge in [0.2, 0.25) is 0 Å². The lowest BCUT2D eigenvalue weighted by molar-refractivity contribution is 0.473. The molecule has 0 bridgehead atoms. The van der Waals surface area contributed by atoms with Gasteiger partial charge in [-0.1, -0.05) is 12.1 Å². The van der Waals surface area contributed by atoms with Crippen molar-refractivity contribution in [1.29, 1.82) is 0 Å². The van der Waals surface area contributed by atoms with Crippen molar-refractivity contribution in [2.24, 2.45) is 0 Å². The molecule has 1 heterocycles. The Labute approximate surface area is 112 Å². The van der Waals surface area contributed by atoms with Crippen molar-refractivity contribution in [2.75, 3.05) is 0 Å². The van der Waals surface area contributed by atoms with Crippen molar-refractivity contribution >= 4 is 11.6 Å². The van der Waals surface area contributed by atoms with Gasteiger partial charge in [0, 0.05) is 11.9 Å². The van der Waals surface area contributed by atoms with Crippen molar-refractivity contribution < 1.29 is 4.74 Å². The fraction of sp³-hybridized carbons (Fsp3) is 0.357. The highest BCUT2D eigenvalue weighted by atomic mass is 35.5. The quantitative estimate of drug-likeness (QED) is 0.770. The highest BCUT2D eigenvalue weighted by molar-refractivity contribution is 6.17. The normalized spacial score (nSPS) is 10.9. The summed E-state index contributed by atoms with van der Waals surface area (Å²) >= 11 is 5.83. The number of alkyl halides is 1. The number of aromatic nitrogens is 2. The summed E-state index contributed by atoms with van der Waals surface area (Å²) in [6.07, 6.45) is 3.63. The van der Waals surface area contributed by atoms with E-state index in [1.54, 1.807) is 6.20 Å². The van der Waals surface area contributed by atoms with Gasteiger partial charge in [-0.25, -0.2) is 0 Å². The van der Waals surface area contributed by atoms with Gasteiger partial charge in [0.05, 0.1) is 12.4 Å². The van der Waals surface area contributed by atoms with Crippen LogP contribution >= 0.6 is 11.6 Å². The van der Waals surface area contributed by atoms with Crippen molar-refractivity contribution in [1.82, 2.24) is 9.78 Å². The van der Waals surface area contributed by atoms with E-state index in [2.05, 4.69) is 18.9 Å². The minimum absolute atomic E-state index is 0.331.